The molecule has 2 amide bonds. The Morgan fingerprint density at radius 2 is 2.15 bits per heavy atom. The van der Waals surface area contributed by atoms with Crippen LogP contribution in [0.2, 0.25) is 5.02 Å². The fourth-order valence-electron chi connectivity index (χ4n) is 1.49. The van der Waals surface area contributed by atoms with Gasteiger partial charge in [0.1, 0.15) is 0 Å². The van der Waals surface area contributed by atoms with Crippen molar-refractivity contribution >= 4 is 45.2 Å². The lowest BCUT2D eigenvalue weighted by Gasteiger charge is -2.10. The summed E-state index contributed by atoms with van der Waals surface area (Å²) in [5.41, 5.74) is 0.520. The van der Waals surface area contributed by atoms with Crippen LogP contribution in [-0.2, 0) is 4.79 Å². The number of nitrogens with one attached hydrogen (secondary N) is 2. The molecular formula is C13H16BrClN2O3. The number of benzene rings is 1. The largest absolute Gasteiger partial charge is 0.481 e. The van der Waals surface area contributed by atoms with E-state index in [0.29, 0.717) is 30.1 Å². The Labute approximate surface area is 130 Å². The highest BCUT2D eigenvalue weighted by Crippen LogP contribution is 2.25. The number of amides is 2. The Morgan fingerprint density at radius 1 is 1.45 bits per heavy atom. The van der Waals surface area contributed by atoms with E-state index in [4.69, 9.17) is 16.7 Å². The van der Waals surface area contributed by atoms with Gasteiger partial charge in [-0.15, -0.1) is 0 Å². The van der Waals surface area contributed by atoms with Gasteiger partial charge in [0, 0.05) is 11.0 Å². The predicted octanol–water partition coefficient (Wildman–Crippen LogP) is 3.72. The summed E-state index contributed by atoms with van der Waals surface area (Å²) in [5, 5.41) is 14.4. The zero-order valence-corrected chi connectivity index (χ0v) is 13.3. The van der Waals surface area contributed by atoms with E-state index >= 15 is 0 Å². The van der Waals surface area contributed by atoms with Gasteiger partial charge in [-0.2, -0.15) is 0 Å². The van der Waals surface area contributed by atoms with Crippen molar-refractivity contribution in [2.75, 3.05) is 11.9 Å². The zero-order valence-electron chi connectivity index (χ0n) is 11.0. The molecule has 0 aliphatic heterocycles. The second-order valence-electron chi connectivity index (χ2n) is 4.39. The second kappa shape index (κ2) is 8.11. The van der Waals surface area contributed by atoms with Gasteiger partial charge in [0.15, 0.2) is 0 Å². The fraction of sp³-hybridized carbons (Fsp3) is 0.385. The monoisotopic (exact) mass is 362 g/mol. The number of carbonyl (C=O) groups is 2. The standard InChI is InChI=1S/C13H16BrClN2O3/c1-8(12(18)19)3-2-6-16-13(20)17-11-5-4-9(14)7-10(11)15/h4-5,7-8H,2-3,6H2,1H3,(H,18,19)(H2,16,17,20). The Morgan fingerprint density at radius 3 is 2.75 bits per heavy atom. The maximum atomic E-state index is 11.6. The second-order valence-corrected chi connectivity index (χ2v) is 5.71. The fourth-order valence-corrected chi connectivity index (χ4v) is 2.21. The Balaban J connectivity index is 2.32. The number of aliphatic carboxylic acids is 1. The third-order valence-corrected chi connectivity index (χ3v) is 3.51. The molecule has 110 valence electrons. The summed E-state index contributed by atoms with van der Waals surface area (Å²) in [6.07, 6.45) is 1.13. The maximum absolute atomic E-state index is 11.6. The van der Waals surface area contributed by atoms with Gasteiger partial charge in [0.25, 0.3) is 0 Å². The summed E-state index contributed by atoms with van der Waals surface area (Å²) in [4.78, 5) is 22.2. The van der Waals surface area contributed by atoms with Crippen LogP contribution in [0.3, 0.4) is 0 Å². The molecular weight excluding hydrogens is 348 g/mol. The maximum Gasteiger partial charge on any atom is 0.319 e. The van der Waals surface area contributed by atoms with Crippen molar-refractivity contribution in [3.8, 4) is 0 Å². The molecule has 20 heavy (non-hydrogen) atoms. The van der Waals surface area contributed by atoms with Gasteiger partial charge in [0.05, 0.1) is 16.6 Å². The van der Waals surface area contributed by atoms with Gasteiger partial charge in [-0.05, 0) is 31.0 Å². The number of carbonyl (C=O) groups excluding carboxylic acids is 1. The van der Waals surface area contributed by atoms with E-state index in [1.807, 2.05) is 0 Å². The molecule has 0 spiro atoms. The van der Waals surface area contributed by atoms with Crippen LogP contribution in [0.15, 0.2) is 22.7 Å². The molecule has 1 atom stereocenters. The van der Waals surface area contributed by atoms with Crippen molar-refractivity contribution in [1.82, 2.24) is 5.32 Å². The molecule has 0 saturated carbocycles. The highest BCUT2D eigenvalue weighted by atomic mass is 79.9. The Bertz CT molecular complexity index is 497. The van der Waals surface area contributed by atoms with Gasteiger partial charge in [-0.25, -0.2) is 4.79 Å². The molecule has 0 aliphatic rings. The molecule has 0 radical (unpaired) electrons. The summed E-state index contributed by atoms with van der Waals surface area (Å²) in [5.74, 6) is -1.23. The molecule has 1 aromatic rings. The first kappa shape index (κ1) is 16.8. The van der Waals surface area contributed by atoms with Gasteiger partial charge < -0.3 is 15.7 Å². The normalized spacial score (nSPS) is 11.8. The molecule has 0 saturated heterocycles. The highest BCUT2D eigenvalue weighted by molar-refractivity contribution is 9.10. The molecule has 1 aromatic carbocycles. The lowest BCUT2D eigenvalue weighted by atomic mass is 10.1. The third kappa shape index (κ3) is 5.79. The van der Waals surface area contributed by atoms with E-state index < -0.39 is 11.9 Å². The van der Waals surface area contributed by atoms with Crippen LogP contribution in [0.4, 0.5) is 10.5 Å². The van der Waals surface area contributed by atoms with E-state index in [1.54, 1.807) is 25.1 Å². The molecule has 7 heteroatoms. The van der Waals surface area contributed by atoms with Crippen molar-refractivity contribution in [3.63, 3.8) is 0 Å². The smallest absolute Gasteiger partial charge is 0.319 e. The van der Waals surface area contributed by atoms with Crippen LogP contribution >= 0.6 is 27.5 Å². The van der Waals surface area contributed by atoms with Gasteiger partial charge in [-0.1, -0.05) is 34.5 Å². The minimum atomic E-state index is -0.823. The number of urea groups is 1. The van der Waals surface area contributed by atoms with Gasteiger partial charge in [0.2, 0.25) is 0 Å². The van der Waals surface area contributed by atoms with E-state index in [0.717, 1.165) is 4.47 Å². The van der Waals surface area contributed by atoms with E-state index in [1.165, 1.54) is 0 Å². The van der Waals surface area contributed by atoms with E-state index in [9.17, 15) is 9.59 Å². The van der Waals surface area contributed by atoms with Gasteiger partial charge >= 0.3 is 12.0 Å². The topological polar surface area (TPSA) is 78.4 Å². The highest BCUT2D eigenvalue weighted by Gasteiger charge is 2.10. The average Bonchev–Trinajstić information content (AvgIpc) is 2.37. The third-order valence-electron chi connectivity index (χ3n) is 2.70. The Hall–Kier alpha value is -1.27. The van der Waals surface area contributed by atoms with Gasteiger partial charge in [-0.3, -0.25) is 4.79 Å². The first-order chi connectivity index (χ1) is 9.40. The van der Waals surface area contributed by atoms with Crippen LogP contribution in [0, 0.1) is 5.92 Å². The molecule has 0 fully saturated rings. The van der Waals surface area contributed by atoms with Crippen molar-refractivity contribution in [2.24, 2.45) is 5.92 Å². The van der Waals surface area contributed by atoms with Crippen LogP contribution in [0.25, 0.3) is 0 Å². The lowest BCUT2D eigenvalue weighted by Crippen LogP contribution is -2.30. The number of hydrogen-bond acceptors (Lipinski definition) is 2. The van der Waals surface area contributed by atoms with Crippen molar-refractivity contribution in [3.05, 3.63) is 27.7 Å². The molecule has 0 heterocycles. The van der Waals surface area contributed by atoms with E-state index in [-0.39, 0.29) is 6.03 Å². The number of rotatable bonds is 6. The Kier molecular flexibility index (Phi) is 6.81. The van der Waals surface area contributed by atoms with E-state index in [2.05, 4.69) is 26.6 Å². The first-order valence-corrected chi connectivity index (χ1v) is 7.30. The summed E-state index contributed by atoms with van der Waals surface area (Å²) >= 11 is 9.25. The number of anilines is 1. The summed E-state index contributed by atoms with van der Waals surface area (Å²) < 4.78 is 0.830. The molecule has 5 nitrogen and oxygen atoms in total. The molecule has 0 aliphatic carbocycles. The molecule has 0 aromatic heterocycles. The SMILES string of the molecule is CC(CCCNC(=O)Nc1ccc(Br)cc1Cl)C(=O)O. The summed E-state index contributed by atoms with van der Waals surface area (Å²) in [6, 6.07) is 4.79. The minimum Gasteiger partial charge on any atom is -0.481 e. The molecule has 3 N–H and O–H groups in total. The van der Waals surface area contributed by atoms with Crippen LogP contribution in [0.1, 0.15) is 19.8 Å². The van der Waals surface area contributed by atoms with Crippen LogP contribution in [-0.4, -0.2) is 23.7 Å². The number of halogens is 2. The lowest BCUT2D eigenvalue weighted by molar-refractivity contribution is -0.141. The van der Waals surface area contributed by atoms with Crippen LogP contribution in [0.5, 0.6) is 0 Å². The number of carboxylic acids is 1. The van der Waals surface area contributed by atoms with Crippen molar-refractivity contribution in [2.45, 2.75) is 19.8 Å². The van der Waals surface area contributed by atoms with Crippen molar-refractivity contribution in [1.29, 1.82) is 0 Å². The number of hydrogen-bond donors (Lipinski definition) is 3. The quantitative estimate of drug-likeness (QED) is 0.674. The number of carboxylic acid groups (broad SMARTS) is 1. The predicted molar refractivity (Wildman–Crippen MR) is 82.2 cm³/mol. The first-order valence-electron chi connectivity index (χ1n) is 6.13. The molecule has 1 unspecified atom stereocenters. The molecule has 1 rings (SSSR count). The summed E-state index contributed by atoms with van der Waals surface area (Å²) in [7, 11) is 0. The van der Waals surface area contributed by atoms with Crippen LogP contribution < -0.4 is 10.6 Å². The summed E-state index contributed by atoms with van der Waals surface area (Å²) in [6.45, 7) is 2.06. The minimum absolute atomic E-state index is 0.364. The average molecular weight is 364 g/mol. The molecule has 0 bridgehead atoms. The van der Waals surface area contributed by atoms with Crippen molar-refractivity contribution < 1.29 is 14.7 Å². The zero-order chi connectivity index (χ0) is 15.1.